The molecule has 138 valence electrons. The van der Waals surface area contributed by atoms with Crippen LogP contribution < -0.4 is 0 Å². The van der Waals surface area contributed by atoms with E-state index in [1.165, 1.54) is 0 Å². The molecule has 24 heavy (non-hydrogen) atoms. The molecule has 0 aliphatic carbocycles. The maximum Gasteiger partial charge on any atom is 0.235 e. The van der Waals surface area contributed by atoms with Crippen molar-refractivity contribution >= 4 is 30.1 Å². The summed E-state index contributed by atoms with van der Waals surface area (Å²) in [7, 11) is -11.5. The third-order valence-corrected chi connectivity index (χ3v) is 8.03. The van der Waals surface area contributed by atoms with E-state index in [0.29, 0.717) is 0 Å². The lowest BCUT2D eigenvalue weighted by molar-refractivity contribution is 0.370. The fraction of sp³-hybridized carbons (Fsp3) is 0.500. The van der Waals surface area contributed by atoms with Crippen LogP contribution in [-0.4, -0.2) is 77.4 Å². The number of sulfonamides is 3. The SMILES string of the molecule is C=CS(=O)(=O)N1CCN(S(=O)(=O)C=C)CCN(S(=O)(=O)C=C)CC1. The van der Waals surface area contributed by atoms with Gasteiger partial charge >= 0.3 is 0 Å². The van der Waals surface area contributed by atoms with Crippen molar-refractivity contribution in [2.75, 3.05) is 39.3 Å². The Balaban J connectivity index is 3.24. The lowest BCUT2D eigenvalue weighted by atomic mass is 10.5. The first-order valence-corrected chi connectivity index (χ1v) is 11.4. The lowest BCUT2D eigenvalue weighted by Gasteiger charge is -2.22. The second kappa shape index (κ2) is 7.89. The largest absolute Gasteiger partial charge is 0.235 e. The monoisotopic (exact) mass is 399 g/mol. The van der Waals surface area contributed by atoms with Crippen LogP contribution >= 0.6 is 0 Å². The van der Waals surface area contributed by atoms with Crippen LogP contribution in [0.1, 0.15) is 0 Å². The second-order valence-electron chi connectivity index (χ2n) is 4.83. The molecule has 0 spiro atoms. The van der Waals surface area contributed by atoms with E-state index in [1.807, 2.05) is 0 Å². The molecule has 1 aliphatic heterocycles. The van der Waals surface area contributed by atoms with Crippen LogP contribution in [0, 0.1) is 0 Å². The Labute approximate surface area is 143 Å². The first-order chi connectivity index (χ1) is 11.0. The van der Waals surface area contributed by atoms with Crippen LogP contribution in [0.5, 0.6) is 0 Å². The molecular weight excluding hydrogens is 378 g/mol. The van der Waals surface area contributed by atoms with Gasteiger partial charge in [-0.3, -0.25) is 0 Å². The summed E-state index contributed by atoms with van der Waals surface area (Å²) in [6.45, 7) is 8.95. The minimum absolute atomic E-state index is 0.122. The molecule has 0 unspecified atom stereocenters. The minimum atomic E-state index is -3.83. The van der Waals surface area contributed by atoms with E-state index < -0.39 is 30.1 Å². The molecule has 1 heterocycles. The van der Waals surface area contributed by atoms with Crippen molar-refractivity contribution in [3.05, 3.63) is 36.0 Å². The van der Waals surface area contributed by atoms with Gasteiger partial charge < -0.3 is 0 Å². The highest BCUT2D eigenvalue weighted by molar-refractivity contribution is 7.92. The molecule has 0 amide bonds. The van der Waals surface area contributed by atoms with Crippen molar-refractivity contribution in [3.8, 4) is 0 Å². The highest BCUT2D eigenvalue weighted by Crippen LogP contribution is 2.12. The molecule has 0 radical (unpaired) electrons. The van der Waals surface area contributed by atoms with Gasteiger partial charge in [0.1, 0.15) is 0 Å². The topological polar surface area (TPSA) is 112 Å². The number of hydrogen-bond donors (Lipinski definition) is 0. The molecule has 9 nitrogen and oxygen atoms in total. The lowest BCUT2D eigenvalue weighted by Crippen LogP contribution is -2.40. The Hall–Kier alpha value is -1.05. The minimum Gasteiger partial charge on any atom is -0.208 e. The van der Waals surface area contributed by atoms with Crippen molar-refractivity contribution in [1.29, 1.82) is 0 Å². The van der Waals surface area contributed by atoms with E-state index in [9.17, 15) is 25.3 Å². The maximum absolute atomic E-state index is 12.0. The zero-order valence-corrected chi connectivity index (χ0v) is 15.6. The van der Waals surface area contributed by atoms with Crippen LogP contribution in [0.3, 0.4) is 0 Å². The summed E-state index contributed by atoms with van der Waals surface area (Å²) in [5.41, 5.74) is 0. The summed E-state index contributed by atoms with van der Waals surface area (Å²) in [4.78, 5) is 0. The number of nitrogens with zero attached hydrogens (tertiary/aromatic N) is 3. The number of rotatable bonds is 6. The van der Waals surface area contributed by atoms with E-state index in [2.05, 4.69) is 19.7 Å². The zero-order chi connectivity index (χ0) is 18.6. The molecule has 12 heteroatoms. The summed E-state index contributed by atoms with van der Waals surface area (Å²) in [5.74, 6) is 0. The first kappa shape index (κ1) is 21.0. The van der Waals surface area contributed by atoms with Crippen LogP contribution in [0.15, 0.2) is 36.0 Å². The average Bonchev–Trinajstić information content (AvgIpc) is 2.65. The molecule has 1 saturated heterocycles. The summed E-state index contributed by atoms with van der Waals surface area (Å²) < 4.78 is 75.1. The smallest absolute Gasteiger partial charge is 0.208 e. The quantitative estimate of drug-likeness (QED) is 0.585. The molecule has 1 fully saturated rings. The predicted octanol–water partition coefficient (Wildman–Crippen LogP) is -0.674. The van der Waals surface area contributed by atoms with Crippen molar-refractivity contribution in [2.24, 2.45) is 0 Å². The van der Waals surface area contributed by atoms with Crippen LogP contribution in [0.2, 0.25) is 0 Å². The van der Waals surface area contributed by atoms with E-state index in [1.54, 1.807) is 0 Å². The van der Waals surface area contributed by atoms with E-state index in [-0.39, 0.29) is 39.3 Å². The van der Waals surface area contributed by atoms with Gasteiger partial charge in [-0.15, -0.1) is 0 Å². The molecule has 0 bridgehead atoms. The standard InChI is InChI=1S/C12H21N3O6S3/c1-4-22(16,17)13-7-9-14(23(18,19)5-2)11-12-15(10-8-13)24(20,21)6-3/h4-6H,1-3,7-12H2. The first-order valence-electron chi connectivity index (χ1n) is 6.88. The Morgan fingerprint density at radius 3 is 0.792 bits per heavy atom. The maximum atomic E-state index is 12.0. The molecule has 0 aromatic heterocycles. The van der Waals surface area contributed by atoms with Gasteiger partial charge in [0.15, 0.2) is 0 Å². The van der Waals surface area contributed by atoms with Gasteiger partial charge in [-0.2, -0.15) is 12.9 Å². The van der Waals surface area contributed by atoms with Crippen molar-refractivity contribution in [1.82, 2.24) is 12.9 Å². The van der Waals surface area contributed by atoms with Crippen LogP contribution in [0.4, 0.5) is 0 Å². The average molecular weight is 400 g/mol. The van der Waals surface area contributed by atoms with E-state index >= 15 is 0 Å². The predicted molar refractivity (Wildman–Crippen MR) is 92.1 cm³/mol. The fourth-order valence-electron chi connectivity index (χ4n) is 2.08. The van der Waals surface area contributed by atoms with E-state index in [0.717, 1.165) is 29.1 Å². The normalized spacial score (nSPS) is 20.5. The molecule has 1 rings (SSSR count). The summed E-state index contributed by atoms with van der Waals surface area (Å²) in [6, 6.07) is 0. The van der Waals surface area contributed by atoms with E-state index in [4.69, 9.17) is 0 Å². The van der Waals surface area contributed by atoms with Gasteiger partial charge in [-0.25, -0.2) is 25.3 Å². The van der Waals surface area contributed by atoms with Gasteiger partial charge in [0, 0.05) is 55.5 Å². The Morgan fingerprint density at radius 2 is 0.667 bits per heavy atom. The highest BCUT2D eigenvalue weighted by Gasteiger charge is 2.29. The number of hydrogen-bond acceptors (Lipinski definition) is 6. The van der Waals surface area contributed by atoms with Crippen molar-refractivity contribution in [2.45, 2.75) is 0 Å². The van der Waals surface area contributed by atoms with Gasteiger partial charge in [0.25, 0.3) is 0 Å². The third kappa shape index (κ3) is 4.97. The van der Waals surface area contributed by atoms with Crippen LogP contribution in [0.25, 0.3) is 0 Å². The molecule has 0 aromatic rings. The van der Waals surface area contributed by atoms with Gasteiger partial charge in [-0.1, -0.05) is 19.7 Å². The Morgan fingerprint density at radius 1 is 0.500 bits per heavy atom. The van der Waals surface area contributed by atoms with Crippen molar-refractivity contribution < 1.29 is 25.3 Å². The van der Waals surface area contributed by atoms with Crippen LogP contribution in [-0.2, 0) is 30.1 Å². The molecule has 0 saturated carbocycles. The molecule has 0 aromatic carbocycles. The molecule has 1 aliphatic rings. The summed E-state index contributed by atoms with van der Waals surface area (Å²) in [6.07, 6.45) is 0. The highest BCUT2D eigenvalue weighted by atomic mass is 32.2. The van der Waals surface area contributed by atoms with Gasteiger partial charge in [-0.05, 0) is 0 Å². The Bertz CT molecular complexity index is 680. The zero-order valence-electron chi connectivity index (χ0n) is 13.1. The fourth-order valence-corrected chi connectivity index (χ4v) is 4.73. The molecule has 0 atom stereocenters. The van der Waals surface area contributed by atoms with Gasteiger partial charge in [0.05, 0.1) is 0 Å². The summed E-state index contributed by atoms with van der Waals surface area (Å²) >= 11 is 0. The van der Waals surface area contributed by atoms with Gasteiger partial charge in [0.2, 0.25) is 30.1 Å². The van der Waals surface area contributed by atoms with Crippen molar-refractivity contribution in [3.63, 3.8) is 0 Å². The molecular formula is C12H21N3O6S3. The second-order valence-corrected chi connectivity index (χ2v) is 10.5. The molecule has 0 N–H and O–H groups in total. The summed E-state index contributed by atoms with van der Waals surface area (Å²) in [5, 5.41) is 2.22. The Kier molecular flexibility index (Phi) is 6.90. The third-order valence-electron chi connectivity index (χ3n) is 3.51.